The van der Waals surface area contributed by atoms with Crippen molar-refractivity contribution in [2.24, 2.45) is 0 Å². The fraction of sp³-hybridized carbons (Fsp3) is 0.308. The van der Waals surface area contributed by atoms with Crippen molar-refractivity contribution >= 4 is 17.0 Å². The molecule has 0 spiro atoms. The number of fused-ring (bicyclic) bond motifs is 1. The van der Waals surface area contributed by atoms with Gasteiger partial charge in [0.2, 0.25) is 0 Å². The molecule has 0 bridgehead atoms. The van der Waals surface area contributed by atoms with E-state index in [0.29, 0.717) is 13.2 Å². The molecule has 0 aliphatic carbocycles. The van der Waals surface area contributed by atoms with Gasteiger partial charge in [-0.1, -0.05) is 18.2 Å². The zero-order valence-electron chi connectivity index (χ0n) is 18.8. The van der Waals surface area contributed by atoms with Crippen LogP contribution in [0.5, 0.6) is 0 Å². The Balaban J connectivity index is 1.26. The number of hydrogen-bond acceptors (Lipinski definition) is 6. The lowest BCUT2D eigenvalue weighted by Crippen LogP contribution is -2.47. The molecule has 33 heavy (non-hydrogen) atoms. The zero-order chi connectivity index (χ0) is 22.6. The average molecular weight is 445 g/mol. The first-order valence-electron chi connectivity index (χ1n) is 11.4. The van der Waals surface area contributed by atoms with E-state index in [2.05, 4.69) is 61.8 Å². The largest absolute Gasteiger partial charge is 0.472 e. The maximum absolute atomic E-state index is 11.7. The third-order valence-electron chi connectivity index (χ3n) is 6.12. The van der Waals surface area contributed by atoms with Gasteiger partial charge in [0, 0.05) is 44.0 Å². The quantitative estimate of drug-likeness (QED) is 0.402. The Morgan fingerprint density at radius 3 is 2.67 bits per heavy atom. The molecule has 1 aliphatic heterocycles. The molecule has 4 aromatic rings. The summed E-state index contributed by atoms with van der Waals surface area (Å²) >= 11 is 0. The van der Waals surface area contributed by atoms with E-state index in [1.165, 1.54) is 5.56 Å². The maximum Gasteiger partial charge on any atom is 0.320 e. The van der Waals surface area contributed by atoms with Crippen molar-refractivity contribution < 1.29 is 13.9 Å². The first-order chi connectivity index (χ1) is 16.2. The number of nitrogens with zero attached hydrogens (tertiary/aromatic N) is 4. The Bertz CT molecular complexity index is 1220. The van der Waals surface area contributed by atoms with Crippen LogP contribution in [-0.4, -0.2) is 64.7 Å². The Hall–Kier alpha value is -3.42. The van der Waals surface area contributed by atoms with Gasteiger partial charge in [0.05, 0.1) is 36.7 Å². The van der Waals surface area contributed by atoms with Crippen LogP contribution in [0.1, 0.15) is 12.5 Å². The summed E-state index contributed by atoms with van der Waals surface area (Å²) in [6, 6.07) is 16.9. The van der Waals surface area contributed by atoms with Crippen LogP contribution in [0.15, 0.2) is 71.8 Å². The van der Waals surface area contributed by atoms with E-state index in [-0.39, 0.29) is 5.97 Å². The van der Waals surface area contributed by atoms with Gasteiger partial charge >= 0.3 is 5.97 Å². The predicted octanol–water partition coefficient (Wildman–Crippen LogP) is 3.97. The molecule has 0 amide bonds. The minimum atomic E-state index is -0.136. The van der Waals surface area contributed by atoms with E-state index >= 15 is 0 Å². The van der Waals surface area contributed by atoms with Gasteiger partial charge in [-0.15, -0.1) is 0 Å². The highest BCUT2D eigenvalue weighted by atomic mass is 16.5. The lowest BCUT2D eigenvalue weighted by molar-refractivity contribution is -0.144. The first kappa shape index (κ1) is 21.4. The molecule has 7 heteroatoms. The summed E-state index contributed by atoms with van der Waals surface area (Å²) in [7, 11) is 0. The number of ether oxygens (including phenoxy) is 1. The number of carbonyl (C=O) groups is 1. The van der Waals surface area contributed by atoms with Crippen LogP contribution >= 0.6 is 0 Å². The molecule has 2 aromatic carbocycles. The summed E-state index contributed by atoms with van der Waals surface area (Å²) in [6.45, 7) is 7.18. The van der Waals surface area contributed by atoms with Crippen molar-refractivity contribution in [1.29, 1.82) is 0 Å². The number of hydrogen-bond donors (Lipinski definition) is 0. The fourth-order valence-electron chi connectivity index (χ4n) is 4.38. The predicted molar refractivity (Wildman–Crippen MR) is 127 cm³/mol. The summed E-state index contributed by atoms with van der Waals surface area (Å²) in [4.78, 5) is 21.0. The van der Waals surface area contributed by atoms with Gasteiger partial charge in [-0.05, 0) is 48.4 Å². The summed E-state index contributed by atoms with van der Waals surface area (Å²) in [5.74, 6) is -0.136. The Kier molecular flexibility index (Phi) is 6.24. The van der Waals surface area contributed by atoms with Crippen LogP contribution in [-0.2, 0) is 16.1 Å². The molecular formula is C26H28N4O3. The SMILES string of the molecule is CCOC(=O)CN1CCN(Cc2cccc(-n3cnc4cc(-c5ccoc5)ccc43)c2)CC1. The van der Waals surface area contributed by atoms with Crippen molar-refractivity contribution in [2.75, 3.05) is 39.3 Å². The molecule has 7 nitrogen and oxygen atoms in total. The van der Waals surface area contributed by atoms with Crippen LogP contribution in [0.3, 0.4) is 0 Å². The lowest BCUT2D eigenvalue weighted by Gasteiger charge is -2.34. The van der Waals surface area contributed by atoms with E-state index in [1.807, 2.05) is 19.3 Å². The van der Waals surface area contributed by atoms with Crippen LogP contribution in [0.25, 0.3) is 27.8 Å². The van der Waals surface area contributed by atoms with Gasteiger partial charge < -0.3 is 9.15 Å². The van der Waals surface area contributed by atoms with Crippen molar-refractivity contribution in [2.45, 2.75) is 13.5 Å². The normalized spacial score (nSPS) is 15.2. The number of furan rings is 1. The van der Waals surface area contributed by atoms with Crippen LogP contribution < -0.4 is 0 Å². The van der Waals surface area contributed by atoms with Crippen molar-refractivity contribution in [1.82, 2.24) is 19.4 Å². The van der Waals surface area contributed by atoms with Gasteiger partial charge in [-0.25, -0.2) is 4.98 Å². The van der Waals surface area contributed by atoms with E-state index in [4.69, 9.17) is 9.15 Å². The Labute approximate surface area is 193 Å². The van der Waals surface area contributed by atoms with Gasteiger partial charge in [0.1, 0.15) is 6.33 Å². The lowest BCUT2D eigenvalue weighted by atomic mass is 10.1. The highest BCUT2D eigenvalue weighted by molar-refractivity contribution is 5.83. The molecule has 0 N–H and O–H groups in total. The average Bonchev–Trinajstić information content (AvgIpc) is 3.51. The minimum Gasteiger partial charge on any atom is -0.472 e. The topological polar surface area (TPSA) is 63.7 Å². The van der Waals surface area contributed by atoms with E-state index in [0.717, 1.165) is 60.6 Å². The highest BCUT2D eigenvalue weighted by Gasteiger charge is 2.19. The molecular weight excluding hydrogens is 416 g/mol. The molecule has 3 heterocycles. The summed E-state index contributed by atoms with van der Waals surface area (Å²) < 4.78 is 12.4. The minimum absolute atomic E-state index is 0.136. The van der Waals surface area contributed by atoms with Gasteiger partial charge in [0.25, 0.3) is 0 Å². The standard InChI is InChI=1S/C26H28N4O3/c1-2-33-26(31)17-29-11-9-28(10-12-29)16-20-4-3-5-23(14-20)30-19-27-24-15-21(6-7-25(24)30)22-8-13-32-18-22/h3-8,13-15,18-19H,2,9-12,16-17H2,1H3. The zero-order valence-corrected chi connectivity index (χ0v) is 18.8. The van der Waals surface area contributed by atoms with E-state index in [9.17, 15) is 4.79 Å². The number of carbonyl (C=O) groups excluding carboxylic acids is 1. The molecule has 1 saturated heterocycles. The Morgan fingerprint density at radius 1 is 1.03 bits per heavy atom. The van der Waals surface area contributed by atoms with Crippen LogP contribution in [0.4, 0.5) is 0 Å². The highest BCUT2D eigenvalue weighted by Crippen LogP contribution is 2.26. The van der Waals surface area contributed by atoms with Crippen molar-refractivity contribution in [3.63, 3.8) is 0 Å². The second-order valence-corrected chi connectivity index (χ2v) is 8.36. The number of aromatic nitrogens is 2. The monoisotopic (exact) mass is 444 g/mol. The van der Waals surface area contributed by atoms with E-state index < -0.39 is 0 Å². The summed E-state index contributed by atoms with van der Waals surface area (Å²) in [5, 5.41) is 0. The number of imidazole rings is 1. The summed E-state index contributed by atoms with van der Waals surface area (Å²) in [6.07, 6.45) is 5.32. The Morgan fingerprint density at radius 2 is 1.88 bits per heavy atom. The smallest absolute Gasteiger partial charge is 0.320 e. The van der Waals surface area contributed by atoms with Gasteiger partial charge in [-0.3, -0.25) is 19.2 Å². The molecule has 170 valence electrons. The van der Waals surface area contributed by atoms with Gasteiger partial charge in [-0.2, -0.15) is 0 Å². The second-order valence-electron chi connectivity index (χ2n) is 8.36. The van der Waals surface area contributed by atoms with Crippen LogP contribution in [0.2, 0.25) is 0 Å². The second kappa shape index (κ2) is 9.60. The fourth-order valence-corrected chi connectivity index (χ4v) is 4.38. The molecule has 5 rings (SSSR count). The van der Waals surface area contributed by atoms with Gasteiger partial charge in [0.15, 0.2) is 0 Å². The molecule has 1 fully saturated rings. The summed E-state index contributed by atoms with van der Waals surface area (Å²) in [5.41, 5.74) is 6.55. The molecule has 2 aromatic heterocycles. The molecule has 0 radical (unpaired) electrons. The molecule has 1 aliphatic rings. The van der Waals surface area contributed by atoms with Crippen molar-refractivity contribution in [3.8, 4) is 16.8 Å². The molecule has 0 saturated carbocycles. The number of piperazine rings is 1. The van der Waals surface area contributed by atoms with E-state index in [1.54, 1.807) is 12.5 Å². The first-order valence-corrected chi connectivity index (χ1v) is 11.4. The molecule has 0 atom stereocenters. The molecule has 0 unspecified atom stereocenters. The number of rotatable bonds is 7. The van der Waals surface area contributed by atoms with Crippen molar-refractivity contribution in [3.05, 3.63) is 72.9 Å². The number of esters is 1. The number of benzene rings is 2. The maximum atomic E-state index is 11.7. The third kappa shape index (κ3) is 4.84. The third-order valence-corrected chi connectivity index (χ3v) is 6.12. The van der Waals surface area contributed by atoms with Crippen LogP contribution in [0, 0.1) is 0 Å².